The van der Waals surface area contributed by atoms with Gasteiger partial charge in [-0.05, 0) is 19.7 Å². The van der Waals surface area contributed by atoms with Gasteiger partial charge in [-0.25, -0.2) is 4.98 Å². The number of nitrogens with two attached hydrogens (primary N) is 1. The standard InChI is InChI=1S/C8H12N4/c1-3-11-6-4-5-12-8(9)7(6)10-2/h4-5H,2-3H2,1H3,(H3,9,11,12). The molecule has 4 nitrogen and oxygen atoms in total. The number of nitrogens with zero attached hydrogens (tertiary/aromatic N) is 2. The van der Waals surface area contributed by atoms with E-state index in [-0.39, 0.29) is 0 Å². The third kappa shape index (κ3) is 1.53. The van der Waals surface area contributed by atoms with Crippen LogP contribution in [-0.4, -0.2) is 18.2 Å². The van der Waals surface area contributed by atoms with Crippen molar-refractivity contribution >= 4 is 23.9 Å². The Morgan fingerprint density at radius 2 is 2.50 bits per heavy atom. The minimum absolute atomic E-state index is 0.406. The molecule has 0 unspecified atom stereocenters. The third-order valence-electron chi connectivity index (χ3n) is 1.48. The lowest BCUT2D eigenvalue weighted by Crippen LogP contribution is -1.99. The molecule has 64 valence electrons. The number of rotatable bonds is 3. The third-order valence-corrected chi connectivity index (χ3v) is 1.48. The lowest BCUT2D eigenvalue weighted by Gasteiger charge is -2.07. The van der Waals surface area contributed by atoms with Crippen molar-refractivity contribution in [3.05, 3.63) is 12.3 Å². The van der Waals surface area contributed by atoms with Crippen LogP contribution in [0.25, 0.3) is 0 Å². The van der Waals surface area contributed by atoms with Crippen molar-refractivity contribution in [2.75, 3.05) is 17.6 Å². The van der Waals surface area contributed by atoms with E-state index in [1.165, 1.54) is 0 Å². The highest BCUT2D eigenvalue weighted by Gasteiger charge is 2.02. The van der Waals surface area contributed by atoms with Crippen molar-refractivity contribution in [3.8, 4) is 0 Å². The lowest BCUT2D eigenvalue weighted by molar-refractivity contribution is 1.20. The molecular weight excluding hydrogens is 152 g/mol. The number of pyridine rings is 1. The summed E-state index contributed by atoms with van der Waals surface area (Å²) in [4.78, 5) is 7.69. The second-order valence-corrected chi connectivity index (χ2v) is 2.28. The minimum atomic E-state index is 0.406. The first kappa shape index (κ1) is 8.52. The van der Waals surface area contributed by atoms with Crippen LogP contribution in [0, 0.1) is 0 Å². The second-order valence-electron chi connectivity index (χ2n) is 2.28. The molecule has 1 aromatic rings. The SMILES string of the molecule is C=Nc1c(NCC)ccnc1N. The van der Waals surface area contributed by atoms with Crippen LogP contribution < -0.4 is 11.1 Å². The van der Waals surface area contributed by atoms with Crippen molar-refractivity contribution in [2.24, 2.45) is 4.99 Å². The molecule has 0 aromatic carbocycles. The molecule has 0 radical (unpaired) electrons. The number of aliphatic imine (C=N–C) groups is 1. The molecule has 0 spiro atoms. The molecule has 0 saturated heterocycles. The van der Waals surface area contributed by atoms with Crippen molar-refractivity contribution in [1.82, 2.24) is 4.98 Å². The van der Waals surface area contributed by atoms with Gasteiger partial charge in [0.05, 0.1) is 5.69 Å². The highest BCUT2D eigenvalue weighted by Crippen LogP contribution is 2.28. The van der Waals surface area contributed by atoms with E-state index in [1.807, 2.05) is 13.0 Å². The molecule has 0 bridgehead atoms. The number of anilines is 2. The Balaban J connectivity index is 3.09. The first-order valence-corrected chi connectivity index (χ1v) is 3.74. The van der Waals surface area contributed by atoms with Crippen LogP contribution in [0.5, 0.6) is 0 Å². The molecule has 1 heterocycles. The summed E-state index contributed by atoms with van der Waals surface area (Å²) in [5.74, 6) is 0.406. The van der Waals surface area contributed by atoms with Gasteiger partial charge in [-0.2, -0.15) is 0 Å². The van der Waals surface area contributed by atoms with E-state index < -0.39 is 0 Å². The zero-order valence-corrected chi connectivity index (χ0v) is 7.04. The fourth-order valence-corrected chi connectivity index (χ4v) is 0.969. The zero-order chi connectivity index (χ0) is 8.97. The highest BCUT2D eigenvalue weighted by atomic mass is 15.0. The molecule has 4 heteroatoms. The van der Waals surface area contributed by atoms with Crippen molar-refractivity contribution in [1.29, 1.82) is 0 Å². The Labute approximate surface area is 71.5 Å². The average molecular weight is 164 g/mol. The lowest BCUT2D eigenvalue weighted by atomic mass is 10.3. The molecule has 0 saturated carbocycles. The number of nitrogens with one attached hydrogen (secondary N) is 1. The largest absolute Gasteiger partial charge is 0.383 e. The molecule has 0 aliphatic rings. The van der Waals surface area contributed by atoms with Crippen LogP contribution in [0.15, 0.2) is 17.3 Å². The van der Waals surface area contributed by atoms with Crippen molar-refractivity contribution in [2.45, 2.75) is 6.92 Å². The molecule has 0 aliphatic heterocycles. The first-order valence-electron chi connectivity index (χ1n) is 3.74. The highest BCUT2D eigenvalue weighted by molar-refractivity contribution is 5.76. The van der Waals surface area contributed by atoms with E-state index in [0.29, 0.717) is 11.5 Å². The molecule has 0 atom stereocenters. The Kier molecular flexibility index (Phi) is 2.63. The van der Waals surface area contributed by atoms with E-state index >= 15 is 0 Å². The minimum Gasteiger partial charge on any atom is -0.383 e. The zero-order valence-electron chi connectivity index (χ0n) is 7.04. The first-order chi connectivity index (χ1) is 5.79. The smallest absolute Gasteiger partial charge is 0.151 e. The second kappa shape index (κ2) is 3.71. The van der Waals surface area contributed by atoms with Gasteiger partial charge in [0, 0.05) is 12.7 Å². The van der Waals surface area contributed by atoms with Crippen LogP contribution >= 0.6 is 0 Å². The maximum atomic E-state index is 5.58. The molecule has 1 rings (SSSR count). The van der Waals surface area contributed by atoms with Gasteiger partial charge >= 0.3 is 0 Å². The van der Waals surface area contributed by atoms with Crippen molar-refractivity contribution in [3.63, 3.8) is 0 Å². The summed E-state index contributed by atoms with van der Waals surface area (Å²) in [5.41, 5.74) is 7.08. The average Bonchev–Trinajstić information content (AvgIpc) is 2.05. The van der Waals surface area contributed by atoms with Gasteiger partial charge in [0.15, 0.2) is 5.82 Å². The molecule has 0 aliphatic carbocycles. The van der Waals surface area contributed by atoms with E-state index in [9.17, 15) is 0 Å². The van der Waals surface area contributed by atoms with Crippen LogP contribution in [0.1, 0.15) is 6.92 Å². The number of hydrogen-bond acceptors (Lipinski definition) is 4. The number of aromatic nitrogens is 1. The Hall–Kier alpha value is -1.58. The molecule has 0 fully saturated rings. The quantitative estimate of drug-likeness (QED) is 0.664. The fraction of sp³-hybridized carbons (Fsp3) is 0.250. The molecule has 12 heavy (non-hydrogen) atoms. The topological polar surface area (TPSA) is 63.3 Å². The summed E-state index contributed by atoms with van der Waals surface area (Å²) in [6, 6.07) is 1.82. The number of hydrogen-bond donors (Lipinski definition) is 2. The maximum absolute atomic E-state index is 5.58. The van der Waals surface area contributed by atoms with Crippen LogP contribution in [0.3, 0.4) is 0 Å². The predicted octanol–water partition coefficient (Wildman–Crippen LogP) is 1.43. The maximum Gasteiger partial charge on any atom is 0.151 e. The van der Waals surface area contributed by atoms with Crippen LogP contribution in [-0.2, 0) is 0 Å². The van der Waals surface area contributed by atoms with Gasteiger partial charge in [-0.15, -0.1) is 0 Å². The van der Waals surface area contributed by atoms with Crippen LogP contribution in [0.4, 0.5) is 17.2 Å². The van der Waals surface area contributed by atoms with Gasteiger partial charge in [-0.3, -0.25) is 4.99 Å². The summed E-state index contributed by atoms with van der Waals surface area (Å²) < 4.78 is 0. The van der Waals surface area contributed by atoms with E-state index in [0.717, 1.165) is 12.2 Å². The Morgan fingerprint density at radius 3 is 3.08 bits per heavy atom. The molecule has 3 N–H and O–H groups in total. The summed E-state index contributed by atoms with van der Waals surface area (Å²) >= 11 is 0. The molecule has 0 amide bonds. The van der Waals surface area contributed by atoms with Gasteiger partial charge < -0.3 is 11.1 Å². The predicted molar refractivity (Wildman–Crippen MR) is 52.0 cm³/mol. The molecular formula is C8H12N4. The van der Waals surface area contributed by atoms with Crippen LogP contribution in [0.2, 0.25) is 0 Å². The summed E-state index contributed by atoms with van der Waals surface area (Å²) in [6.07, 6.45) is 1.64. The van der Waals surface area contributed by atoms with E-state index in [4.69, 9.17) is 5.73 Å². The van der Waals surface area contributed by atoms with Gasteiger partial charge in [0.25, 0.3) is 0 Å². The van der Waals surface area contributed by atoms with Gasteiger partial charge in [-0.1, -0.05) is 0 Å². The summed E-state index contributed by atoms with van der Waals surface area (Å²) in [5, 5.41) is 3.11. The fourth-order valence-electron chi connectivity index (χ4n) is 0.969. The number of nitrogen functional groups attached to an aromatic ring is 1. The Bertz CT molecular complexity index is 282. The Morgan fingerprint density at radius 1 is 1.75 bits per heavy atom. The normalized spacial score (nSPS) is 9.42. The monoisotopic (exact) mass is 164 g/mol. The van der Waals surface area contributed by atoms with E-state index in [2.05, 4.69) is 22.0 Å². The summed E-state index contributed by atoms with van der Waals surface area (Å²) in [7, 11) is 0. The van der Waals surface area contributed by atoms with Crippen molar-refractivity contribution < 1.29 is 0 Å². The van der Waals surface area contributed by atoms with Gasteiger partial charge in [0.2, 0.25) is 0 Å². The van der Waals surface area contributed by atoms with E-state index in [1.54, 1.807) is 6.20 Å². The molecule has 1 aromatic heterocycles. The summed E-state index contributed by atoms with van der Waals surface area (Å²) in [6.45, 7) is 6.25. The van der Waals surface area contributed by atoms with Gasteiger partial charge in [0.1, 0.15) is 5.69 Å².